The van der Waals surface area contributed by atoms with Gasteiger partial charge in [0.2, 0.25) is 5.88 Å². The number of nitrogens with zero attached hydrogens (tertiary/aromatic N) is 3. The molecule has 5 rings (SSSR count). The van der Waals surface area contributed by atoms with Crippen molar-refractivity contribution in [1.29, 1.82) is 0 Å². The summed E-state index contributed by atoms with van der Waals surface area (Å²) < 4.78 is 35.1. The summed E-state index contributed by atoms with van der Waals surface area (Å²) in [6, 6.07) is 7.78. The van der Waals surface area contributed by atoms with Gasteiger partial charge in [0.1, 0.15) is 29.1 Å². The number of imidazole rings is 1. The van der Waals surface area contributed by atoms with E-state index in [0.29, 0.717) is 22.7 Å². The van der Waals surface area contributed by atoms with Gasteiger partial charge in [-0.25, -0.2) is 23.7 Å². The van der Waals surface area contributed by atoms with Gasteiger partial charge < -0.3 is 14.8 Å². The fourth-order valence-corrected chi connectivity index (χ4v) is 4.59. The molecule has 2 aromatic carbocycles. The quantitative estimate of drug-likeness (QED) is 0.369. The maximum absolute atomic E-state index is 15.0. The van der Waals surface area contributed by atoms with Crippen molar-refractivity contribution in [2.24, 2.45) is 5.92 Å². The molecular weight excluding hydrogens is 454 g/mol. The van der Waals surface area contributed by atoms with Crippen LogP contribution < -0.4 is 4.74 Å². The molecule has 0 unspecified atom stereocenters. The SMILES string of the molecule is Cc1cc(F)c2[nH]c(-c3ccc(-c4cnc(O[C@H]5CC[C@@H](CC(=O)O)CC5)cn4)cc3F)nc2c1. The number of rotatable bonds is 6. The van der Waals surface area contributed by atoms with E-state index in [1.807, 2.05) is 0 Å². The number of nitrogens with one attached hydrogen (secondary N) is 1. The number of fused-ring (bicyclic) bond motifs is 1. The molecule has 180 valence electrons. The van der Waals surface area contributed by atoms with E-state index in [1.54, 1.807) is 25.1 Å². The van der Waals surface area contributed by atoms with Crippen molar-refractivity contribution in [3.05, 3.63) is 59.9 Å². The third-order valence-corrected chi connectivity index (χ3v) is 6.38. The maximum Gasteiger partial charge on any atom is 0.303 e. The smallest absolute Gasteiger partial charge is 0.303 e. The number of aromatic nitrogens is 4. The van der Waals surface area contributed by atoms with Gasteiger partial charge in [-0.1, -0.05) is 6.07 Å². The summed E-state index contributed by atoms with van der Waals surface area (Å²) in [6.45, 7) is 1.77. The summed E-state index contributed by atoms with van der Waals surface area (Å²) in [5.41, 5.74) is 2.68. The van der Waals surface area contributed by atoms with E-state index in [1.165, 1.54) is 24.5 Å². The van der Waals surface area contributed by atoms with Crippen molar-refractivity contribution in [2.75, 3.05) is 0 Å². The average molecular weight is 478 g/mol. The fraction of sp³-hybridized carbons (Fsp3) is 0.308. The molecule has 0 amide bonds. The third-order valence-electron chi connectivity index (χ3n) is 6.38. The van der Waals surface area contributed by atoms with Gasteiger partial charge in [-0.2, -0.15) is 0 Å². The lowest BCUT2D eigenvalue weighted by atomic mass is 9.85. The van der Waals surface area contributed by atoms with E-state index in [4.69, 9.17) is 9.84 Å². The molecule has 0 aliphatic heterocycles. The van der Waals surface area contributed by atoms with E-state index in [-0.39, 0.29) is 35.3 Å². The Hall–Kier alpha value is -3.88. The number of aliphatic carboxylic acids is 1. The number of carbonyl (C=O) groups is 1. The summed E-state index contributed by atoms with van der Waals surface area (Å²) >= 11 is 0. The molecule has 0 saturated heterocycles. The van der Waals surface area contributed by atoms with Gasteiger partial charge in [-0.15, -0.1) is 0 Å². The number of benzene rings is 2. The van der Waals surface area contributed by atoms with Crippen LogP contribution in [0, 0.1) is 24.5 Å². The van der Waals surface area contributed by atoms with Crippen LogP contribution in [0.15, 0.2) is 42.7 Å². The van der Waals surface area contributed by atoms with Crippen molar-refractivity contribution in [3.8, 4) is 28.5 Å². The van der Waals surface area contributed by atoms with Crippen LogP contribution in [-0.2, 0) is 4.79 Å². The molecular formula is C26H24F2N4O3. The lowest BCUT2D eigenvalue weighted by Crippen LogP contribution is -2.25. The van der Waals surface area contributed by atoms with Gasteiger partial charge >= 0.3 is 5.97 Å². The average Bonchev–Trinajstić information content (AvgIpc) is 3.24. The molecule has 0 radical (unpaired) electrons. The molecule has 1 aliphatic carbocycles. The minimum absolute atomic E-state index is 0.0191. The highest BCUT2D eigenvalue weighted by Crippen LogP contribution is 2.31. The highest BCUT2D eigenvalue weighted by molar-refractivity contribution is 5.81. The molecule has 0 bridgehead atoms. The summed E-state index contributed by atoms with van der Waals surface area (Å²) in [5, 5.41) is 8.93. The molecule has 9 heteroatoms. The van der Waals surface area contributed by atoms with E-state index < -0.39 is 17.6 Å². The Labute approximate surface area is 200 Å². The lowest BCUT2D eigenvalue weighted by molar-refractivity contribution is -0.138. The van der Waals surface area contributed by atoms with E-state index >= 15 is 0 Å². The third kappa shape index (κ3) is 4.99. The maximum atomic E-state index is 15.0. The zero-order chi connectivity index (χ0) is 24.5. The lowest BCUT2D eigenvalue weighted by Gasteiger charge is -2.27. The van der Waals surface area contributed by atoms with Crippen LogP contribution in [0.1, 0.15) is 37.7 Å². The van der Waals surface area contributed by atoms with Crippen molar-refractivity contribution < 1.29 is 23.4 Å². The van der Waals surface area contributed by atoms with Crippen molar-refractivity contribution in [1.82, 2.24) is 19.9 Å². The monoisotopic (exact) mass is 478 g/mol. The second-order valence-electron chi connectivity index (χ2n) is 9.02. The number of hydrogen-bond acceptors (Lipinski definition) is 5. The first kappa shape index (κ1) is 22.9. The van der Waals surface area contributed by atoms with Crippen molar-refractivity contribution in [3.63, 3.8) is 0 Å². The van der Waals surface area contributed by atoms with Crippen LogP contribution in [0.25, 0.3) is 33.7 Å². The largest absolute Gasteiger partial charge is 0.481 e. The molecule has 7 nitrogen and oxygen atoms in total. The van der Waals surface area contributed by atoms with Crippen LogP contribution in [0.3, 0.4) is 0 Å². The Morgan fingerprint density at radius 2 is 1.89 bits per heavy atom. The summed E-state index contributed by atoms with van der Waals surface area (Å²) in [6.07, 6.45) is 6.39. The van der Waals surface area contributed by atoms with Gasteiger partial charge in [0.15, 0.2) is 0 Å². The van der Waals surface area contributed by atoms with Gasteiger partial charge in [-0.05, 0) is 68.4 Å². The Bertz CT molecular complexity index is 1380. The van der Waals surface area contributed by atoms with E-state index in [0.717, 1.165) is 31.2 Å². The number of aryl methyl sites for hydroxylation is 1. The zero-order valence-corrected chi connectivity index (χ0v) is 19.1. The Morgan fingerprint density at radius 3 is 2.57 bits per heavy atom. The molecule has 2 aromatic heterocycles. The number of carboxylic acids is 1. The van der Waals surface area contributed by atoms with Gasteiger partial charge in [0.05, 0.1) is 29.2 Å². The molecule has 0 atom stereocenters. The molecule has 2 N–H and O–H groups in total. The van der Waals surface area contributed by atoms with Gasteiger partial charge in [0, 0.05) is 12.0 Å². The van der Waals surface area contributed by atoms with Crippen molar-refractivity contribution >= 4 is 17.0 Å². The molecule has 0 spiro atoms. The predicted octanol–water partition coefficient (Wildman–Crippen LogP) is 5.69. The highest BCUT2D eigenvalue weighted by atomic mass is 19.1. The highest BCUT2D eigenvalue weighted by Gasteiger charge is 2.24. The summed E-state index contributed by atoms with van der Waals surface area (Å²) in [5.74, 6) is -0.877. The number of hydrogen-bond donors (Lipinski definition) is 2. The van der Waals surface area contributed by atoms with Gasteiger partial charge in [-0.3, -0.25) is 4.79 Å². The summed E-state index contributed by atoms with van der Waals surface area (Å²) in [4.78, 5) is 26.8. The minimum Gasteiger partial charge on any atom is -0.481 e. The van der Waals surface area contributed by atoms with Crippen LogP contribution in [0.5, 0.6) is 5.88 Å². The van der Waals surface area contributed by atoms with Crippen LogP contribution >= 0.6 is 0 Å². The number of ether oxygens (including phenoxy) is 1. The second kappa shape index (κ2) is 9.40. The van der Waals surface area contributed by atoms with Gasteiger partial charge in [0.25, 0.3) is 0 Å². The first-order valence-corrected chi connectivity index (χ1v) is 11.5. The zero-order valence-electron chi connectivity index (χ0n) is 19.1. The Kier molecular flexibility index (Phi) is 6.15. The van der Waals surface area contributed by atoms with E-state index in [9.17, 15) is 13.6 Å². The molecule has 1 saturated carbocycles. The Balaban J connectivity index is 1.28. The topological polar surface area (TPSA) is 101 Å². The summed E-state index contributed by atoms with van der Waals surface area (Å²) in [7, 11) is 0. The molecule has 4 aromatic rings. The van der Waals surface area contributed by atoms with E-state index in [2.05, 4.69) is 19.9 Å². The van der Waals surface area contributed by atoms with Crippen LogP contribution in [0.4, 0.5) is 8.78 Å². The Morgan fingerprint density at radius 1 is 1.09 bits per heavy atom. The standard InChI is InChI=1S/C26H24F2N4O3/c1-14-8-20(28)25-21(9-14)31-26(32-25)18-7-4-16(11-19(18)27)22-12-30-23(13-29-22)35-17-5-2-15(3-6-17)10-24(33)34/h4,7-9,11-13,15,17H,2-3,5-6,10H2,1H3,(H,31,32)(H,33,34)/t15-,17+. The molecule has 2 heterocycles. The van der Waals surface area contributed by atoms with Crippen LogP contribution in [0.2, 0.25) is 0 Å². The normalized spacial score (nSPS) is 18.0. The number of carboxylic acid groups (broad SMARTS) is 1. The molecule has 1 fully saturated rings. The molecule has 35 heavy (non-hydrogen) atoms. The molecule has 1 aliphatic rings. The fourth-order valence-electron chi connectivity index (χ4n) is 4.59. The number of H-pyrrole nitrogens is 1. The predicted molar refractivity (Wildman–Crippen MR) is 126 cm³/mol. The second-order valence-corrected chi connectivity index (χ2v) is 9.02. The number of halogens is 2. The first-order valence-electron chi connectivity index (χ1n) is 11.5. The first-order chi connectivity index (χ1) is 16.9. The van der Waals surface area contributed by atoms with Crippen molar-refractivity contribution in [2.45, 2.75) is 45.1 Å². The number of aromatic amines is 1. The minimum atomic E-state index is -0.762. The van der Waals surface area contributed by atoms with Crippen LogP contribution in [-0.4, -0.2) is 37.1 Å².